The van der Waals surface area contributed by atoms with E-state index in [0.717, 1.165) is 13.1 Å². The molecule has 2 rings (SSSR count). The van der Waals surface area contributed by atoms with Gasteiger partial charge in [-0.3, -0.25) is 0 Å². The highest BCUT2D eigenvalue weighted by molar-refractivity contribution is 7.09. The van der Waals surface area contributed by atoms with Gasteiger partial charge in [-0.15, -0.1) is 11.3 Å². The molecule has 2 aromatic rings. The minimum atomic E-state index is -0.276. The minimum absolute atomic E-state index is 0.192. The number of hydrogen-bond acceptors (Lipinski definition) is 3. The monoisotopic (exact) mass is 292 g/mol. The van der Waals surface area contributed by atoms with Crippen molar-refractivity contribution in [1.29, 1.82) is 0 Å². The number of thiophene rings is 1. The summed E-state index contributed by atoms with van der Waals surface area (Å²) in [4.78, 5) is 3.57. The molecule has 1 heterocycles. The first-order valence-corrected chi connectivity index (χ1v) is 7.67. The number of halogens is 1. The summed E-state index contributed by atoms with van der Waals surface area (Å²) in [6.07, 6.45) is 0. The zero-order valence-corrected chi connectivity index (χ0v) is 12.7. The van der Waals surface area contributed by atoms with Gasteiger partial charge in [0.2, 0.25) is 0 Å². The smallest absolute Gasteiger partial charge is 0.127 e. The van der Waals surface area contributed by atoms with E-state index in [9.17, 15) is 4.39 Å². The average Bonchev–Trinajstić information content (AvgIpc) is 2.91. The summed E-state index contributed by atoms with van der Waals surface area (Å²) in [5.74, 6) is -0.0235. The summed E-state index contributed by atoms with van der Waals surface area (Å²) in [7, 11) is 2.07. The number of rotatable bonds is 6. The van der Waals surface area contributed by atoms with Crippen LogP contribution >= 0.6 is 11.3 Å². The van der Waals surface area contributed by atoms with Gasteiger partial charge in [-0.25, -0.2) is 4.39 Å². The Labute approximate surface area is 124 Å². The van der Waals surface area contributed by atoms with E-state index in [-0.39, 0.29) is 17.8 Å². The second-order valence-corrected chi connectivity index (χ2v) is 6.33. The molecule has 0 bridgehead atoms. The maximum absolute atomic E-state index is 13.8. The molecule has 4 heteroatoms. The molecule has 0 aliphatic rings. The molecule has 108 valence electrons. The van der Waals surface area contributed by atoms with Crippen molar-refractivity contribution < 1.29 is 4.39 Å². The van der Waals surface area contributed by atoms with Gasteiger partial charge in [0, 0.05) is 29.6 Å². The Morgan fingerprint density at radius 3 is 2.65 bits per heavy atom. The predicted octanol–water partition coefficient (Wildman–Crippen LogP) is 3.66. The highest BCUT2D eigenvalue weighted by Crippen LogP contribution is 2.23. The molecule has 0 amide bonds. The van der Waals surface area contributed by atoms with E-state index in [1.54, 1.807) is 23.5 Å². The van der Waals surface area contributed by atoms with E-state index in [4.69, 9.17) is 5.73 Å². The molecule has 1 aromatic heterocycles. The Kier molecular flexibility index (Phi) is 5.29. The van der Waals surface area contributed by atoms with Crippen LogP contribution < -0.4 is 5.73 Å². The summed E-state index contributed by atoms with van der Waals surface area (Å²) in [5.41, 5.74) is 6.80. The van der Waals surface area contributed by atoms with Gasteiger partial charge in [0.05, 0.1) is 0 Å². The molecular weight excluding hydrogens is 271 g/mol. The topological polar surface area (TPSA) is 29.3 Å². The Bertz CT molecular complexity index is 527. The van der Waals surface area contributed by atoms with Gasteiger partial charge < -0.3 is 10.6 Å². The first kappa shape index (κ1) is 15.2. The van der Waals surface area contributed by atoms with Crippen LogP contribution in [0, 0.1) is 11.7 Å². The third-order valence-corrected chi connectivity index (χ3v) is 4.34. The van der Waals surface area contributed by atoms with Crippen molar-refractivity contribution in [1.82, 2.24) is 4.90 Å². The fourth-order valence-electron chi connectivity index (χ4n) is 2.39. The molecular formula is C16H21FN2S. The van der Waals surface area contributed by atoms with E-state index in [1.165, 1.54) is 10.9 Å². The van der Waals surface area contributed by atoms with Crippen LogP contribution in [0.15, 0.2) is 41.8 Å². The third kappa shape index (κ3) is 3.88. The molecule has 0 saturated heterocycles. The average molecular weight is 292 g/mol. The van der Waals surface area contributed by atoms with Crippen molar-refractivity contribution in [2.24, 2.45) is 11.7 Å². The summed E-state index contributed by atoms with van der Waals surface area (Å²) < 4.78 is 13.8. The molecule has 0 aliphatic heterocycles. The number of hydrogen-bond donors (Lipinski definition) is 1. The van der Waals surface area contributed by atoms with E-state index in [1.807, 2.05) is 6.07 Å². The maximum Gasteiger partial charge on any atom is 0.127 e. The molecule has 0 radical (unpaired) electrons. The first-order chi connectivity index (χ1) is 9.58. The van der Waals surface area contributed by atoms with E-state index >= 15 is 0 Å². The van der Waals surface area contributed by atoms with Crippen LogP contribution in [0.5, 0.6) is 0 Å². The molecule has 20 heavy (non-hydrogen) atoms. The zero-order chi connectivity index (χ0) is 14.5. The number of nitrogens with zero attached hydrogens (tertiary/aromatic N) is 1. The first-order valence-electron chi connectivity index (χ1n) is 6.79. The van der Waals surface area contributed by atoms with E-state index in [0.29, 0.717) is 5.56 Å². The van der Waals surface area contributed by atoms with Crippen LogP contribution in [-0.4, -0.2) is 18.5 Å². The van der Waals surface area contributed by atoms with Gasteiger partial charge in [0.1, 0.15) is 5.82 Å². The lowest BCUT2D eigenvalue weighted by Gasteiger charge is -2.26. The fourth-order valence-corrected chi connectivity index (χ4v) is 3.17. The Balaban J connectivity index is 1.94. The second-order valence-electron chi connectivity index (χ2n) is 5.30. The van der Waals surface area contributed by atoms with Crippen molar-refractivity contribution >= 4 is 11.3 Å². The van der Waals surface area contributed by atoms with Gasteiger partial charge in [-0.1, -0.05) is 31.2 Å². The van der Waals surface area contributed by atoms with Gasteiger partial charge in [-0.2, -0.15) is 0 Å². The predicted molar refractivity (Wildman–Crippen MR) is 83.1 cm³/mol. The molecule has 2 unspecified atom stereocenters. The normalized spacial score (nSPS) is 14.4. The molecule has 0 aliphatic carbocycles. The van der Waals surface area contributed by atoms with Crippen LogP contribution in [0.25, 0.3) is 0 Å². The van der Waals surface area contributed by atoms with E-state index < -0.39 is 0 Å². The van der Waals surface area contributed by atoms with Gasteiger partial charge in [0.15, 0.2) is 0 Å². The van der Waals surface area contributed by atoms with Crippen molar-refractivity contribution in [3.8, 4) is 0 Å². The Morgan fingerprint density at radius 2 is 2.00 bits per heavy atom. The standard InChI is InChI=1S/C16H21FN2S/c1-12(10-19(2)11-13-6-5-9-20-13)16(18)14-7-3-4-8-15(14)17/h3-9,12,16H,10-11,18H2,1-2H3. The minimum Gasteiger partial charge on any atom is -0.324 e. The lowest BCUT2D eigenvalue weighted by Crippen LogP contribution is -2.31. The molecule has 0 spiro atoms. The lowest BCUT2D eigenvalue weighted by atomic mass is 9.94. The Hall–Kier alpha value is -1.23. The molecule has 2 nitrogen and oxygen atoms in total. The summed E-state index contributed by atoms with van der Waals surface area (Å²) in [6.45, 7) is 3.82. The van der Waals surface area contributed by atoms with Crippen LogP contribution in [0.2, 0.25) is 0 Å². The SMILES string of the molecule is CC(CN(C)Cc1cccs1)C(N)c1ccccc1F. The lowest BCUT2D eigenvalue weighted by molar-refractivity contribution is 0.258. The van der Waals surface area contributed by atoms with Crippen LogP contribution in [0.1, 0.15) is 23.4 Å². The van der Waals surface area contributed by atoms with Crippen LogP contribution in [-0.2, 0) is 6.54 Å². The highest BCUT2D eigenvalue weighted by Gasteiger charge is 2.19. The van der Waals surface area contributed by atoms with Crippen LogP contribution in [0.4, 0.5) is 4.39 Å². The molecule has 2 N–H and O–H groups in total. The molecule has 2 atom stereocenters. The summed E-state index contributed by atoms with van der Waals surface area (Å²) in [6, 6.07) is 10.7. The highest BCUT2D eigenvalue weighted by atomic mass is 32.1. The van der Waals surface area contributed by atoms with E-state index in [2.05, 4.69) is 36.4 Å². The van der Waals surface area contributed by atoms with Crippen molar-refractivity contribution in [2.45, 2.75) is 19.5 Å². The Morgan fingerprint density at radius 1 is 1.25 bits per heavy atom. The summed E-state index contributed by atoms with van der Waals surface area (Å²) >= 11 is 1.75. The molecule has 1 aromatic carbocycles. The zero-order valence-electron chi connectivity index (χ0n) is 11.9. The maximum atomic E-state index is 13.8. The molecule has 0 fully saturated rings. The largest absolute Gasteiger partial charge is 0.324 e. The van der Waals surface area contributed by atoms with Crippen molar-refractivity contribution in [2.75, 3.05) is 13.6 Å². The molecule has 0 saturated carbocycles. The number of benzene rings is 1. The third-order valence-electron chi connectivity index (χ3n) is 3.48. The second kappa shape index (κ2) is 6.97. The van der Waals surface area contributed by atoms with Gasteiger partial charge in [-0.05, 0) is 30.5 Å². The quantitative estimate of drug-likeness (QED) is 0.880. The van der Waals surface area contributed by atoms with Gasteiger partial charge in [0.25, 0.3) is 0 Å². The van der Waals surface area contributed by atoms with Crippen LogP contribution in [0.3, 0.4) is 0 Å². The summed E-state index contributed by atoms with van der Waals surface area (Å²) in [5, 5.41) is 2.08. The fraction of sp³-hybridized carbons (Fsp3) is 0.375. The van der Waals surface area contributed by atoms with Gasteiger partial charge >= 0.3 is 0 Å². The van der Waals surface area contributed by atoms with Crippen molar-refractivity contribution in [3.05, 3.63) is 58.0 Å². The van der Waals surface area contributed by atoms with Crippen molar-refractivity contribution in [3.63, 3.8) is 0 Å². The number of nitrogens with two attached hydrogens (primary N) is 1.